The van der Waals surface area contributed by atoms with Gasteiger partial charge in [-0.05, 0) is 5.92 Å². The third-order valence-corrected chi connectivity index (χ3v) is 4.42. The number of carboxylic acids is 1. The molecule has 126 valence electrons. The lowest BCUT2D eigenvalue weighted by Gasteiger charge is -2.19. The van der Waals surface area contributed by atoms with Crippen LogP contribution >= 0.6 is 0 Å². The van der Waals surface area contributed by atoms with Crippen LogP contribution in [0.3, 0.4) is 0 Å². The monoisotopic (exact) mass is 343 g/mol. The summed E-state index contributed by atoms with van der Waals surface area (Å²) in [5, 5.41) is 12.4. The van der Waals surface area contributed by atoms with Gasteiger partial charge in [-0.25, -0.2) is 8.42 Å². The molecule has 0 aromatic carbocycles. The van der Waals surface area contributed by atoms with E-state index in [1.165, 1.54) is 0 Å². The van der Waals surface area contributed by atoms with Crippen molar-refractivity contribution in [1.29, 1.82) is 0 Å². The molecule has 0 unspecified atom stereocenters. The maximum atomic E-state index is 12.2. The number of alkyl halides is 3. The molecule has 0 aliphatic heterocycles. The molecule has 11 heteroatoms. The number of hydrogen-bond acceptors (Lipinski definition) is 4. The Hall–Kier alpha value is -1.62. The molecule has 2 N–H and O–H groups in total. The van der Waals surface area contributed by atoms with Gasteiger partial charge in [-0.15, -0.1) is 0 Å². The second-order valence-corrected chi connectivity index (χ2v) is 6.53. The molecular weight excluding hydrogens is 327 g/mol. The van der Waals surface area contributed by atoms with E-state index in [1.807, 2.05) is 4.72 Å². The van der Waals surface area contributed by atoms with Crippen molar-refractivity contribution in [3.05, 3.63) is 12.4 Å². The third-order valence-electron chi connectivity index (χ3n) is 3.02. The van der Waals surface area contributed by atoms with Gasteiger partial charge in [-0.1, -0.05) is 20.3 Å². The number of nitrogens with zero attached hydrogens (tertiary/aromatic N) is 2. The number of halogens is 3. The van der Waals surface area contributed by atoms with Crippen LogP contribution in [0.1, 0.15) is 20.3 Å². The Kier molecular flexibility index (Phi) is 5.57. The van der Waals surface area contributed by atoms with Crippen molar-refractivity contribution < 1.29 is 31.5 Å². The molecule has 1 aromatic heterocycles. The average molecular weight is 343 g/mol. The van der Waals surface area contributed by atoms with Crippen LogP contribution in [0.4, 0.5) is 13.2 Å². The molecule has 1 aromatic rings. The van der Waals surface area contributed by atoms with Gasteiger partial charge in [0.15, 0.2) is 0 Å². The first kappa shape index (κ1) is 18.4. The number of aromatic nitrogens is 2. The summed E-state index contributed by atoms with van der Waals surface area (Å²) in [4.78, 5) is 10.6. The Morgan fingerprint density at radius 1 is 1.50 bits per heavy atom. The van der Waals surface area contributed by atoms with E-state index < -0.39 is 45.6 Å². The zero-order valence-corrected chi connectivity index (χ0v) is 12.6. The fourth-order valence-electron chi connectivity index (χ4n) is 1.63. The van der Waals surface area contributed by atoms with Crippen molar-refractivity contribution in [2.75, 3.05) is 0 Å². The van der Waals surface area contributed by atoms with Crippen LogP contribution in [0, 0.1) is 5.92 Å². The van der Waals surface area contributed by atoms with Crippen LogP contribution in [0.5, 0.6) is 0 Å². The normalized spacial score (nSPS) is 15.5. The van der Waals surface area contributed by atoms with E-state index in [4.69, 9.17) is 5.11 Å². The predicted octanol–water partition coefficient (Wildman–Crippen LogP) is 1.22. The van der Waals surface area contributed by atoms with Gasteiger partial charge in [0, 0.05) is 6.20 Å². The van der Waals surface area contributed by atoms with E-state index in [9.17, 15) is 26.4 Å². The molecule has 0 aliphatic carbocycles. The summed E-state index contributed by atoms with van der Waals surface area (Å²) in [6, 6.07) is -1.37. The molecule has 0 aliphatic rings. The summed E-state index contributed by atoms with van der Waals surface area (Å²) >= 11 is 0. The van der Waals surface area contributed by atoms with Gasteiger partial charge in [0.05, 0.1) is 6.20 Å². The van der Waals surface area contributed by atoms with Gasteiger partial charge >= 0.3 is 12.1 Å². The highest BCUT2D eigenvalue weighted by atomic mass is 32.2. The van der Waals surface area contributed by atoms with Crippen molar-refractivity contribution in [1.82, 2.24) is 14.5 Å². The van der Waals surface area contributed by atoms with Crippen molar-refractivity contribution >= 4 is 16.0 Å². The van der Waals surface area contributed by atoms with Gasteiger partial charge in [0.25, 0.3) is 0 Å². The SMILES string of the molecule is CC[C@H](C)[C@H](NS(=O)(=O)c1cnn(CC(F)(F)F)c1)C(=O)O. The number of hydrogen-bond donors (Lipinski definition) is 2. The lowest BCUT2D eigenvalue weighted by atomic mass is 10.0. The van der Waals surface area contributed by atoms with E-state index in [0.29, 0.717) is 17.3 Å². The van der Waals surface area contributed by atoms with E-state index >= 15 is 0 Å². The van der Waals surface area contributed by atoms with Crippen molar-refractivity contribution in [3.8, 4) is 0 Å². The minimum Gasteiger partial charge on any atom is -0.480 e. The van der Waals surface area contributed by atoms with Crippen molar-refractivity contribution in [3.63, 3.8) is 0 Å². The molecule has 0 amide bonds. The number of carbonyl (C=O) groups is 1. The van der Waals surface area contributed by atoms with Gasteiger partial charge in [-0.2, -0.15) is 23.0 Å². The van der Waals surface area contributed by atoms with E-state index in [-0.39, 0.29) is 0 Å². The maximum absolute atomic E-state index is 12.2. The second kappa shape index (κ2) is 6.65. The summed E-state index contributed by atoms with van der Waals surface area (Å²) in [5.41, 5.74) is 0. The molecule has 0 fully saturated rings. The Labute approximate surface area is 125 Å². The predicted molar refractivity (Wildman–Crippen MR) is 69.5 cm³/mol. The summed E-state index contributed by atoms with van der Waals surface area (Å²) in [6.45, 7) is 1.81. The first-order valence-corrected chi connectivity index (χ1v) is 7.79. The lowest BCUT2D eigenvalue weighted by Crippen LogP contribution is -2.44. The minimum absolute atomic E-state index is 0.410. The molecule has 0 saturated carbocycles. The zero-order chi connectivity index (χ0) is 17.1. The maximum Gasteiger partial charge on any atom is 0.408 e. The third kappa shape index (κ3) is 4.98. The van der Waals surface area contributed by atoms with Gasteiger partial charge in [-0.3, -0.25) is 9.48 Å². The highest BCUT2D eigenvalue weighted by Gasteiger charge is 2.32. The molecule has 1 rings (SSSR count). The van der Waals surface area contributed by atoms with Crippen LogP contribution in [-0.2, 0) is 21.4 Å². The van der Waals surface area contributed by atoms with E-state index in [2.05, 4.69) is 5.10 Å². The number of nitrogens with one attached hydrogen (secondary N) is 1. The first-order valence-electron chi connectivity index (χ1n) is 6.30. The molecule has 7 nitrogen and oxygen atoms in total. The molecule has 1 heterocycles. The number of rotatable bonds is 7. The fraction of sp³-hybridized carbons (Fsp3) is 0.636. The number of carboxylic acid groups (broad SMARTS) is 1. The Morgan fingerprint density at radius 3 is 2.55 bits per heavy atom. The van der Waals surface area contributed by atoms with Crippen LogP contribution in [0.15, 0.2) is 17.3 Å². The van der Waals surface area contributed by atoms with Crippen LogP contribution < -0.4 is 4.72 Å². The second-order valence-electron chi connectivity index (χ2n) is 4.81. The number of aliphatic carboxylic acids is 1. The number of sulfonamides is 1. The zero-order valence-electron chi connectivity index (χ0n) is 11.8. The molecule has 0 bridgehead atoms. The van der Waals surface area contributed by atoms with Gasteiger partial charge < -0.3 is 5.11 Å². The molecule has 22 heavy (non-hydrogen) atoms. The lowest BCUT2D eigenvalue weighted by molar-refractivity contribution is -0.142. The first-order chi connectivity index (χ1) is 9.96. The van der Waals surface area contributed by atoms with E-state index in [1.54, 1.807) is 13.8 Å². The Bertz CT molecular complexity index is 627. The molecule has 2 atom stereocenters. The van der Waals surface area contributed by atoms with Crippen molar-refractivity contribution in [2.45, 2.75) is 43.9 Å². The molecule has 0 spiro atoms. The van der Waals surface area contributed by atoms with Crippen molar-refractivity contribution in [2.24, 2.45) is 5.92 Å². The minimum atomic E-state index is -4.54. The largest absolute Gasteiger partial charge is 0.480 e. The average Bonchev–Trinajstić information content (AvgIpc) is 2.81. The topological polar surface area (TPSA) is 101 Å². The summed E-state index contributed by atoms with van der Waals surface area (Å²) < 4.78 is 63.1. The van der Waals surface area contributed by atoms with E-state index in [0.717, 1.165) is 6.20 Å². The Balaban J connectivity index is 2.97. The smallest absolute Gasteiger partial charge is 0.408 e. The highest BCUT2D eigenvalue weighted by Crippen LogP contribution is 2.19. The molecule has 0 radical (unpaired) electrons. The van der Waals surface area contributed by atoms with Crippen LogP contribution in [-0.4, -0.2) is 41.5 Å². The quantitative estimate of drug-likeness (QED) is 0.775. The summed E-state index contributed by atoms with van der Waals surface area (Å²) in [6.07, 6.45) is -2.69. The summed E-state index contributed by atoms with van der Waals surface area (Å²) in [5.74, 6) is -1.85. The van der Waals surface area contributed by atoms with Crippen LogP contribution in [0.25, 0.3) is 0 Å². The highest BCUT2D eigenvalue weighted by molar-refractivity contribution is 7.89. The summed E-state index contributed by atoms with van der Waals surface area (Å²) in [7, 11) is -4.28. The van der Waals surface area contributed by atoms with Gasteiger partial charge in [0.1, 0.15) is 17.5 Å². The molecule has 0 saturated heterocycles. The van der Waals surface area contributed by atoms with Crippen LogP contribution in [0.2, 0.25) is 0 Å². The van der Waals surface area contributed by atoms with Gasteiger partial charge in [0.2, 0.25) is 10.0 Å². The molecular formula is C11H16F3N3O4S. The Morgan fingerprint density at radius 2 is 2.09 bits per heavy atom. The fourth-order valence-corrected chi connectivity index (χ4v) is 2.88. The standard InChI is InChI=1S/C11H16F3N3O4S/c1-3-7(2)9(10(18)19)16-22(20,21)8-4-15-17(5-8)6-11(12,13)14/h4-5,7,9,16H,3,6H2,1-2H3,(H,18,19)/t7-,9-/m0/s1.